The van der Waals surface area contributed by atoms with E-state index < -0.39 is 11.4 Å². The van der Waals surface area contributed by atoms with Crippen molar-refractivity contribution in [3.8, 4) is 0 Å². The normalized spacial score (nSPS) is 33.2. The van der Waals surface area contributed by atoms with E-state index in [1.807, 2.05) is 4.90 Å². The summed E-state index contributed by atoms with van der Waals surface area (Å²) in [6.07, 6.45) is 2.66. The zero-order chi connectivity index (χ0) is 12.6. The number of urea groups is 1. The number of carboxylic acid groups (broad SMARTS) is 1. The van der Waals surface area contributed by atoms with Gasteiger partial charge < -0.3 is 14.9 Å². The highest BCUT2D eigenvalue weighted by Crippen LogP contribution is 2.31. The van der Waals surface area contributed by atoms with E-state index in [4.69, 9.17) is 5.11 Å². The minimum absolute atomic E-state index is 0.0139. The summed E-state index contributed by atoms with van der Waals surface area (Å²) in [6, 6.07) is 0.305. The lowest BCUT2D eigenvalue weighted by molar-refractivity contribution is -0.147. The molecule has 1 N–H and O–H groups in total. The molecular formula is C12H20N2O3. The molecule has 5 nitrogen and oxygen atoms in total. The molecular weight excluding hydrogens is 220 g/mol. The second kappa shape index (κ2) is 4.20. The van der Waals surface area contributed by atoms with Crippen molar-refractivity contribution in [2.24, 2.45) is 5.41 Å². The van der Waals surface area contributed by atoms with Crippen LogP contribution in [-0.2, 0) is 4.79 Å². The van der Waals surface area contributed by atoms with Gasteiger partial charge in [-0.3, -0.25) is 4.79 Å². The van der Waals surface area contributed by atoms with Crippen molar-refractivity contribution in [3.05, 3.63) is 0 Å². The monoisotopic (exact) mass is 240 g/mol. The fourth-order valence-corrected chi connectivity index (χ4v) is 2.70. The molecule has 17 heavy (non-hydrogen) atoms. The molecule has 0 aromatic rings. The predicted octanol–water partition coefficient (Wildman–Crippen LogP) is 1.39. The maximum Gasteiger partial charge on any atom is 0.320 e. The second-order valence-electron chi connectivity index (χ2n) is 5.50. The first kappa shape index (κ1) is 12.2. The quantitative estimate of drug-likeness (QED) is 0.753. The van der Waals surface area contributed by atoms with E-state index in [-0.39, 0.29) is 6.03 Å². The molecule has 2 saturated heterocycles. The minimum Gasteiger partial charge on any atom is -0.481 e. The molecule has 2 amide bonds. The maximum atomic E-state index is 12.2. The van der Waals surface area contributed by atoms with E-state index in [2.05, 4.69) is 6.92 Å². The van der Waals surface area contributed by atoms with Gasteiger partial charge in [0.1, 0.15) is 0 Å². The number of likely N-dealkylation sites (tertiary alicyclic amines) is 2. The third-order valence-electron chi connectivity index (χ3n) is 4.06. The van der Waals surface area contributed by atoms with E-state index in [9.17, 15) is 9.59 Å². The summed E-state index contributed by atoms with van der Waals surface area (Å²) in [4.78, 5) is 26.9. The Balaban J connectivity index is 2.01. The van der Waals surface area contributed by atoms with Crippen LogP contribution in [0.3, 0.4) is 0 Å². The van der Waals surface area contributed by atoms with Crippen LogP contribution in [0.1, 0.15) is 33.1 Å². The SMILES string of the molecule is CC1CCCN1C(=O)N1CCC(C)(C(=O)O)C1. The van der Waals surface area contributed by atoms with E-state index in [0.29, 0.717) is 25.6 Å². The largest absolute Gasteiger partial charge is 0.481 e. The Bertz CT molecular complexity index is 345. The Hall–Kier alpha value is -1.26. The van der Waals surface area contributed by atoms with Gasteiger partial charge in [0.25, 0.3) is 0 Å². The third-order valence-corrected chi connectivity index (χ3v) is 4.06. The summed E-state index contributed by atoms with van der Waals surface area (Å²) < 4.78 is 0. The number of carboxylic acids is 1. The van der Waals surface area contributed by atoms with Gasteiger partial charge in [-0.15, -0.1) is 0 Å². The van der Waals surface area contributed by atoms with Gasteiger partial charge in [-0.05, 0) is 33.1 Å². The van der Waals surface area contributed by atoms with Gasteiger partial charge in [0, 0.05) is 25.7 Å². The summed E-state index contributed by atoms with van der Waals surface area (Å²) >= 11 is 0. The van der Waals surface area contributed by atoms with Crippen LogP contribution < -0.4 is 0 Å². The first-order chi connectivity index (χ1) is 7.94. The highest BCUT2D eigenvalue weighted by Gasteiger charge is 2.43. The number of nitrogens with zero attached hydrogens (tertiary/aromatic N) is 2. The van der Waals surface area contributed by atoms with Gasteiger partial charge in [0.2, 0.25) is 0 Å². The molecule has 96 valence electrons. The molecule has 2 aliphatic heterocycles. The van der Waals surface area contributed by atoms with Crippen LogP contribution in [0.2, 0.25) is 0 Å². The van der Waals surface area contributed by atoms with Gasteiger partial charge in [-0.2, -0.15) is 0 Å². The molecule has 0 aromatic carbocycles. The first-order valence-corrected chi connectivity index (χ1v) is 6.23. The fraction of sp³-hybridized carbons (Fsp3) is 0.833. The van der Waals surface area contributed by atoms with E-state index in [1.54, 1.807) is 11.8 Å². The Kier molecular flexibility index (Phi) is 3.02. The molecule has 0 saturated carbocycles. The van der Waals surface area contributed by atoms with Crippen molar-refractivity contribution in [2.45, 2.75) is 39.2 Å². The van der Waals surface area contributed by atoms with Crippen molar-refractivity contribution in [1.82, 2.24) is 9.80 Å². The summed E-state index contributed by atoms with van der Waals surface area (Å²) in [6.45, 7) is 5.48. The molecule has 2 unspecified atom stereocenters. The Labute approximate surface area is 101 Å². The van der Waals surface area contributed by atoms with Crippen LogP contribution in [0.4, 0.5) is 4.79 Å². The number of carbonyl (C=O) groups excluding carboxylic acids is 1. The predicted molar refractivity (Wildman–Crippen MR) is 62.7 cm³/mol. The van der Waals surface area contributed by atoms with Crippen LogP contribution in [0.25, 0.3) is 0 Å². The summed E-state index contributed by atoms with van der Waals surface area (Å²) in [5, 5.41) is 9.14. The summed E-state index contributed by atoms with van der Waals surface area (Å²) in [7, 11) is 0. The van der Waals surface area contributed by atoms with E-state index >= 15 is 0 Å². The summed E-state index contributed by atoms with van der Waals surface area (Å²) in [5.74, 6) is -0.803. The average molecular weight is 240 g/mol. The van der Waals surface area contributed by atoms with Crippen LogP contribution in [-0.4, -0.2) is 52.6 Å². The molecule has 5 heteroatoms. The van der Waals surface area contributed by atoms with Gasteiger partial charge >= 0.3 is 12.0 Å². The molecule has 0 aromatic heterocycles. The van der Waals surface area contributed by atoms with Gasteiger partial charge in [-0.1, -0.05) is 0 Å². The fourth-order valence-electron chi connectivity index (χ4n) is 2.70. The number of amides is 2. The van der Waals surface area contributed by atoms with Crippen molar-refractivity contribution in [3.63, 3.8) is 0 Å². The highest BCUT2D eigenvalue weighted by molar-refractivity contribution is 5.79. The highest BCUT2D eigenvalue weighted by atomic mass is 16.4. The number of rotatable bonds is 1. The van der Waals surface area contributed by atoms with Crippen molar-refractivity contribution in [2.75, 3.05) is 19.6 Å². The number of hydrogen-bond donors (Lipinski definition) is 1. The van der Waals surface area contributed by atoms with Crippen molar-refractivity contribution in [1.29, 1.82) is 0 Å². The Morgan fingerprint density at radius 1 is 1.35 bits per heavy atom. The van der Waals surface area contributed by atoms with Crippen molar-refractivity contribution >= 4 is 12.0 Å². The Morgan fingerprint density at radius 2 is 2.06 bits per heavy atom. The number of hydrogen-bond acceptors (Lipinski definition) is 2. The standard InChI is InChI=1S/C12H20N2O3/c1-9-4-3-6-14(9)11(17)13-7-5-12(2,8-13)10(15)16/h9H,3-8H2,1-2H3,(H,15,16). The number of aliphatic carboxylic acids is 1. The second-order valence-corrected chi connectivity index (χ2v) is 5.50. The average Bonchev–Trinajstić information content (AvgIpc) is 2.85. The molecule has 2 fully saturated rings. The maximum absolute atomic E-state index is 12.2. The lowest BCUT2D eigenvalue weighted by Gasteiger charge is -2.28. The van der Waals surface area contributed by atoms with Crippen molar-refractivity contribution < 1.29 is 14.7 Å². The summed E-state index contributed by atoms with van der Waals surface area (Å²) in [5.41, 5.74) is -0.765. The molecule has 0 spiro atoms. The van der Waals surface area contributed by atoms with Crippen LogP contribution in [0.15, 0.2) is 0 Å². The van der Waals surface area contributed by atoms with Gasteiger partial charge in [-0.25, -0.2) is 4.79 Å². The van der Waals surface area contributed by atoms with E-state index in [1.165, 1.54) is 0 Å². The smallest absolute Gasteiger partial charge is 0.320 e. The first-order valence-electron chi connectivity index (χ1n) is 6.23. The van der Waals surface area contributed by atoms with Crippen LogP contribution in [0.5, 0.6) is 0 Å². The zero-order valence-corrected chi connectivity index (χ0v) is 10.5. The molecule has 0 radical (unpaired) electrons. The zero-order valence-electron chi connectivity index (χ0n) is 10.5. The molecule has 2 rings (SSSR count). The molecule has 0 bridgehead atoms. The minimum atomic E-state index is -0.803. The topological polar surface area (TPSA) is 60.9 Å². The third kappa shape index (κ3) is 2.10. The van der Waals surface area contributed by atoms with Gasteiger partial charge in [0.05, 0.1) is 5.41 Å². The van der Waals surface area contributed by atoms with Crippen LogP contribution in [0, 0.1) is 5.41 Å². The molecule has 2 atom stereocenters. The molecule has 2 aliphatic rings. The Morgan fingerprint density at radius 3 is 2.53 bits per heavy atom. The van der Waals surface area contributed by atoms with E-state index in [0.717, 1.165) is 19.4 Å². The lowest BCUT2D eigenvalue weighted by Crippen LogP contribution is -2.44. The number of carbonyl (C=O) groups is 2. The van der Waals surface area contributed by atoms with Crippen LogP contribution >= 0.6 is 0 Å². The molecule has 2 heterocycles. The van der Waals surface area contributed by atoms with Gasteiger partial charge in [0.15, 0.2) is 0 Å². The lowest BCUT2D eigenvalue weighted by atomic mass is 9.90. The molecule has 0 aliphatic carbocycles.